The summed E-state index contributed by atoms with van der Waals surface area (Å²) in [6.45, 7) is 3.73. The highest BCUT2D eigenvalue weighted by molar-refractivity contribution is 7.99. The van der Waals surface area contributed by atoms with E-state index in [1.807, 2.05) is 54.2 Å². The zero-order valence-corrected chi connectivity index (χ0v) is 17.3. The first-order valence-corrected chi connectivity index (χ1v) is 9.98. The molecule has 5 nitrogen and oxygen atoms in total. The lowest BCUT2D eigenvalue weighted by Crippen LogP contribution is -2.39. The van der Waals surface area contributed by atoms with E-state index in [9.17, 15) is 0 Å². The lowest BCUT2D eigenvalue weighted by molar-refractivity contribution is 0.405. The Morgan fingerprint density at radius 1 is 1.00 bits per heavy atom. The van der Waals surface area contributed by atoms with Crippen molar-refractivity contribution in [3.63, 3.8) is 0 Å². The highest BCUT2D eigenvalue weighted by Crippen LogP contribution is 2.29. The van der Waals surface area contributed by atoms with Crippen LogP contribution in [0.25, 0.3) is 0 Å². The summed E-state index contributed by atoms with van der Waals surface area (Å²) in [5.41, 5.74) is 1.10. The topological polar surface area (TPSA) is 54.9 Å². The summed E-state index contributed by atoms with van der Waals surface area (Å²) in [4.78, 5) is 5.47. The number of methoxy groups -OCH3 is 2. The smallest absolute Gasteiger partial charge is 0.191 e. The molecule has 0 aliphatic heterocycles. The van der Waals surface area contributed by atoms with E-state index in [1.165, 1.54) is 4.90 Å². The van der Waals surface area contributed by atoms with Gasteiger partial charge in [0.2, 0.25) is 0 Å². The summed E-state index contributed by atoms with van der Waals surface area (Å²) in [6.07, 6.45) is 0. The molecule has 2 aromatic rings. The molecule has 1 unspecified atom stereocenters. The van der Waals surface area contributed by atoms with E-state index < -0.39 is 0 Å². The maximum absolute atomic E-state index is 5.41. The van der Waals surface area contributed by atoms with Gasteiger partial charge in [-0.3, -0.25) is 4.99 Å². The number of ether oxygens (including phenoxy) is 2. The van der Waals surface area contributed by atoms with Crippen molar-refractivity contribution in [3.8, 4) is 11.5 Å². The number of aliphatic imine (C=N–C) groups is 1. The fourth-order valence-electron chi connectivity index (χ4n) is 2.55. The molecule has 2 N–H and O–H groups in total. The first kappa shape index (κ1) is 21.0. The predicted molar refractivity (Wildman–Crippen MR) is 114 cm³/mol. The maximum Gasteiger partial charge on any atom is 0.191 e. The minimum atomic E-state index is 0.477. The van der Waals surface area contributed by atoms with Crippen LogP contribution in [0, 0.1) is 5.92 Å². The van der Waals surface area contributed by atoms with Crippen LogP contribution >= 0.6 is 11.8 Å². The quantitative estimate of drug-likeness (QED) is 0.389. The van der Waals surface area contributed by atoms with Crippen LogP contribution in [-0.4, -0.2) is 39.5 Å². The molecule has 27 heavy (non-hydrogen) atoms. The third-order valence-corrected chi connectivity index (χ3v) is 5.46. The SMILES string of the molecule is CN=C(NCc1ccccc1OC)NCC(C)CSc1ccccc1OC. The standard InChI is InChI=1S/C21H29N3O2S/c1-16(15-27-20-12-8-7-11-19(20)26-4)13-23-21(22-2)24-14-17-9-5-6-10-18(17)25-3/h5-12,16H,13-15H2,1-4H3,(H2,22,23,24). The molecule has 0 aliphatic carbocycles. The van der Waals surface area contributed by atoms with Crippen LogP contribution in [0.1, 0.15) is 12.5 Å². The average Bonchev–Trinajstić information content (AvgIpc) is 2.72. The van der Waals surface area contributed by atoms with Gasteiger partial charge in [0.05, 0.1) is 14.2 Å². The summed E-state index contributed by atoms with van der Waals surface area (Å²) in [5, 5.41) is 6.74. The summed E-state index contributed by atoms with van der Waals surface area (Å²) in [7, 11) is 5.18. The number of thioether (sulfide) groups is 1. The Hall–Kier alpha value is -2.34. The fourth-order valence-corrected chi connectivity index (χ4v) is 3.60. The molecule has 0 aliphatic rings. The maximum atomic E-state index is 5.41. The number of rotatable bonds is 9. The number of guanidine groups is 1. The summed E-state index contributed by atoms with van der Waals surface area (Å²) >= 11 is 1.81. The van der Waals surface area contributed by atoms with Crippen molar-refractivity contribution in [2.75, 3.05) is 33.6 Å². The molecule has 0 spiro atoms. The zero-order chi connectivity index (χ0) is 19.5. The summed E-state index contributed by atoms with van der Waals surface area (Å²) in [6, 6.07) is 16.1. The molecule has 0 saturated heterocycles. The normalized spacial score (nSPS) is 12.4. The first-order chi connectivity index (χ1) is 13.2. The van der Waals surface area contributed by atoms with E-state index in [0.717, 1.165) is 35.3 Å². The van der Waals surface area contributed by atoms with E-state index >= 15 is 0 Å². The van der Waals surface area contributed by atoms with Gasteiger partial charge in [-0.05, 0) is 24.1 Å². The Labute approximate surface area is 166 Å². The van der Waals surface area contributed by atoms with Gasteiger partial charge in [0.15, 0.2) is 5.96 Å². The molecule has 2 rings (SSSR count). The van der Waals surface area contributed by atoms with Crippen molar-refractivity contribution in [2.24, 2.45) is 10.9 Å². The Bertz CT molecular complexity index is 737. The molecule has 6 heteroatoms. The van der Waals surface area contributed by atoms with Gasteiger partial charge in [0, 0.05) is 36.3 Å². The molecule has 0 heterocycles. The molecule has 0 saturated carbocycles. The van der Waals surface area contributed by atoms with Crippen LogP contribution in [0.2, 0.25) is 0 Å². The highest BCUT2D eigenvalue weighted by Gasteiger charge is 2.08. The molecule has 0 radical (unpaired) electrons. The van der Waals surface area contributed by atoms with Gasteiger partial charge in [-0.25, -0.2) is 0 Å². The zero-order valence-electron chi connectivity index (χ0n) is 16.5. The van der Waals surface area contributed by atoms with Gasteiger partial charge in [-0.15, -0.1) is 11.8 Å². The number of nitrogens with one attached hydrogen (secondary N) is 2. The Balaban J connectivity index is 1.78. The predicted octanol–water partition coefficient (Wildman–Crippen LogP) is 3.80. The van der Waals surface area contributed by atoms with E-state index in [-0.39, 0.29) is 0 Å². The van der Waals surface area contributed by atoms with E-state index in [1.54, 1.807) is 21.3 Å². The van der Waals surface area contributed by atoms with Crippen molar-refractivity contribution in [1.29, 1.82) is 0 Å². The Morgan fingerprint density at radius 3 is 2.37 bits per heavy atom. The number of hydrogen-bond acceptors (Lipinski definition) is 4. The van der Waals surface area contributed by atoms with Crippen LogP contribution in [0.4, 0.5) is 0 Å². The van der Waals surface area contributed by atoms with Gasteiger partial charge in [0.25, 0.3) is 0 Å². The summed E-state index contributed by atoms with van der Waals surface area (Å²) in [5.74, 6) is 4.07. The third-order valence-electron chi connectivity index (χ3n) is 4.07. The molecule has 0 amide bonds. The van der Waals surface area contributed by atoms with Crippen molar-refractivity contribution in [3.05, 3.63) is 54.1 Å². The van der Waals surface area contributed by atoms with Crippen LogP contribution < -0.4 is 20.1 Å². The van der Waals surface area contributed by atoms with E-state index in [0.29, 0.717) is 12.5 Å². The number of nitrogens with zero attached hydrogens (tertiary/aromatic N) is 1. The molecule has 2 aromatic carbocycles. The van der Waals surface area contributed by atoms with Crippen molar-refractivity contribution in [2.45, 2.75) is 18.4 Å². The van der Waals surface area contributed by atoms with Crippen molar-refractivity contribution < 1.29 is 9.47 Å². The van der Waals surface area contributed by atoms with Crippen LogP contribution in [0.15, 0.2) is 58.4 Å². The number of para-hydroxylation sites is 2. The fraction of sp³-hybridized carbons (Fsp3) is 0.381. The second-order valence-electron chi connectivity index (χ2n) is 6.19. The van der Waals surface area contributed by atoms with E-state index in [2.05, 4.69) is 28.6 Å². The minimum Gasteiger partial charge on any atom is -0.496 e. The lowest BCUT2D eigenvalue weighted by Gasteiger charge is -2.17. The molecule has 0 fully saturated rings. The van der Waals surface area contributed by atoms with Gasteiger partial charge in [0.1, 0.15) is 11.5 Å². The average molecular weight is 388 g/mol. The largest absolute Gasteiger partial charge is 0.496 e. The summed E-state index contributed by atoms with van der Waals surface area (Å²) < 4.78 is 10.8. The molecule has 0 bridgehead atoms. The second-order valence-corrected chi connectivity index (χ2v) is 7.25. The minimum absolute atomic E-state index is 0.477. The Morgan fingerprint density at radius 2 is 1.67 bits per heavy atom. The van der Waals surface area contributed by atoms with Gasteiger partial charge in [-0.2, -0.15) is 0 Å². The van der Waals surface area contributed by atoms with Crippen molar-refractivity contribution >= 4 is 17.7 Å². The van der Waals surface area contributed by atoms with Crippen LogP contribution in [0.5, 0.6) is 11.5 Å². The van der Waals surface area contributed by atoms with Crippen LogP contribution in [0.3, 0.4) is 0 Å². The molecular weight excluding hydrogens is 358 g/mol. The third kappa shape index (κ3) is 6.71. The molecule has 146 valence electrons. The highest BCUT2D eigenvalue weighted by atomic mass is 32.2. The van der Waals surface area contributed by atoms with Crippen molar-refractivity contribution in [1.82, 2.24) is 10.6 Å². The van der Waals surface area contributed by atoms with Crippen LogP contribution in [-0.2, 0) is 6.54 Å². The molecule has 1 atom stereocenters. The monoisotopic (exact) mass is 387 g/mol. The van der Waals surface area contributed by atoms with Gasteiger partial charge >= 0.3 is 0 Å². The molecule has 0 aromatic heterocycles. The molecular formula is C21H29N3O2S. The Kier molecular flexibility index (Phi) is 8.84. The van der Waals surface area contributed by atoms with Gasteiger partial charge in [-0.1, -0.05) is 37.3 Å². The number of benzene rings is 2. The number of hydrogen-bond donors (Lipinski definition) is 2. The van der Waals surface area contributed by atoms with E-state index in [4.69, 9.17) is 9.47 Å². The first-order valence-electron chi connectivity index (χ1n) is 9.00. The lowest BCUT2D eigenvalue weighted by atomic mass is 10.2. The second kappa shape index (κ2) is 11.4. The van der Waals surface area contributed by atoms with Gasteiger partial charge < -0.3 is 20.1 Å².